The van der Waals surface area contributed by atoms with Gasteiger partial charge in [0.15, 0.2) is 0 Å². The molecule has 1 fully saturated rings. The maximum absolute atomic E-state index is 13.0. The van der Waals surface area contributed by atoms with E-state index in [1.807, 2.05) is 11.0 Å². The summed E-state index contributed by atoms with van der Waals surface area (Å²) in [6, 6.07) is 7.30. The molecular formula is C22H20F3N5OS. The Morgan fingerprint density at radius 3 is 2.66 bits per heavy atom. The fourth-order valence-electron chi connectivity index (χ4n) is 4.07. The monoisotopic (exact) mass is 459 g/mol. The van der Waals surface area contributed by atoms with Gasteiger partial charge in [-0.1, -0.05) is 6.07 Å². The van der Waals surface area contributed by atoms with Crippen LogP contribution in [0.1, 0.15) is 5.56 Å². The minimum Gasteiger partial charge on any atom is -0.369 e. The first-order valence-corrected chi connectivity index (χ1v) is 11.1. The molecule has 166 valence electrons. The Hall–Kier alpha value is -2.98. The molecule has 10 heteroatoms. The van der Waals surface area contributed by atoms with Crippen LogP contribution in [-0.2, 0) is 12.7 Å². The number of piperazine rings is 1. The van der Waals surface area contributed by atoms with Crippen molar-refractivity contribution in [1.29, 1.82) is 0 Å². The lowest BCUT2D eigenvalue weighted by Crippen LogP contribution is -2.47. The lowest BCUT2D eigenvalue weighted by atomic mass is 10.1. The SMILES string of the molecule is O=c1c2c(ncn1CCN1CCN(c3cccc(C(F)(F)F)c3)CC1)sc1cnccc12. The van der Waals surface area contributed by atoms with E-state index in [1.165, 1.54) is 23.5 Å². The van der Waals surface area contributed by atoms with Crippen LogP contribution in [0.5, 0.6) is 0 Å². The minimum atomic E-state index is -4.34. The first-order valence-electron chi connectivity index (χ1n) is 10.3. The Labute approximate surface area is 185 Å². The van der Waals surface area contributed by atoms with E-state index in [2.05, 4.69) is 14.9 Å². The lowest BCUT2D eigenvalue weighted by molar-refractivity contribution is -0.137. The van der Waals surface area contributed by atoms with Crippen LogP contribution in [0, 0.1) is 0 Å². The van der Waals surface area contributed by atoms with Crippen molar-refractivity contribution in [2.75, 3.05) is 37.6 Å². The average Bonchev–Trinajstić information content (AvgIpc) is 3.18. The summed E-state index contributed by atoms with van der Waals surface area (Å²) in [6.45, 7) is 3.88. The van der Waals surface area contributed by atoms with Crippen molar-refractivity contribution in [3.63, 3.8) is 0 Å². The molecule has 1 saturated heterocycles. The van der Waals surface area contributed by atoms with Gasteiger partial charge in [0, 0.05) is 62.7 Å². The fourth-order valence-corrected chi connectivity index (χ4v) is 5.07. The molecule has 0 spiro atoms. The molecule has 0 radical (unpaired) electrons. The second-order valence-corrected chi connectivity index (χ2v) is 8.80. The topological polar surface area (TPSA) is 54.3 Å². The maximum atomic E-state index is 13.0. The number of rotatable bonds is 4. The molecule has 5 rings (SSSR count). The summed E-state index contributed by atoms with van der Waals surface area (Å²) in [7, 11) is 0. The molecule has 0 saturated carbocycles. The van der Waals surface area contributed by atoms with Crippen molar-refractivity contribution >= 4 is 37.3 Å². The van der Waals surface area contributed by atoms with Gasteiger partial charge in [0.05, 0.1) is 22.0 Å². The molecule has 1 aliphatic heterocycles. The van der Waals surface area contributed by atoms with E-state index in [0.717, 1.165) is 16.2 Å². The number of pyridine rings is 1. The predicted octanol–water partition coefficient (Wildman–Crippen LogP) is 3.85. The van der Waals surface area contributed by atoms with E-state index in [4.69, 9.17) is 0 Å². The van der Waals surface area contributed by atoms with Gasteiger partial charge in [0.1, 0.15) is 4.83 Å². The molecule has 1 aromatic carbocycles. The second-order valence-electron chi connectivity index (χ2n) is 7.77. The third-order valence-corrected chi connectivity index (χ3v) is 6.88. The number of halogens is 3. The summed E-state index contributed by atoms with van der Waals surface area (Å²) in [5.41, 5.74) is -0.101. The van der Waals surface area contributed by atoms with Gasteiger partial charge < -0.3 is 4.90 Å². The highest BCUT2D eigenvalue weighted by molar-refractivity contribution is 7.25. The number of hydrogen-bond donors (Lipinski definition) is 0. The van der Waals surface area contributed by atoms with Crippen molar-refractivity contribution in [2.24, 2.45) is 0 Å². The van der Waals surface area contributed by atoms with Gasteiger partial charge in [0.2, 0.25) is 0 Å². The van der Waals surface area contributed by atoms with Crippen LogP contribution in [0.25, 0.3) is 20.3 Å². The van der Waals surface area contributed by atoms with Gasteiger partial charge in [-0.25, -0.2) is 4.98 Å². The zero-order valence-electron chi connectivity index (χ0n) is 17.0. The molecule has 1 aliphatic rings. The highest BCUT2D eigenvalue weighted by Crippen LogP contribution is 2.32. The van der Waals surface area contributed by atoms with Crippen molar-refractivity contribution in [3.05, 3.63) is 65.0 Å². The summed E-state index contributed by atoms with van der Waals surface area (Å²) in [5.74, 6) is 0. The molecule has 4 aromatic rings. The minimum absolute atomic E-state index is 0.0601. The Morgan fingerprint density at radius 2 is 1.88 bits per heavy atom. The van der Waals surface area contributed by atoms with Crippen molar-refractivity contribution < 1.29 is 13.2 Å². The Kier molecular flexibility index (Phi) is 5.34. The van der Waals surface area contributed by atoms with Gasteiger partial charge in [-0.15, -0.1) is 11.3 Å². The van der Waals surface area contributed by atoms with Gasteiger partial charge in [-0.2, -0.15) is 13.2 Å². The third-order valence-electron chi connectivity index (χ3n) is 5.83. The molecule has 0 N–H and O–H groups in total. The summed E-state index contributed by atoms with van der Waals surface area (Å²) >= 11 is 1.46. The molecule has 0 amide bonds. The van der Waals surface area contributed by atoms with Crippen LogP contribution < -0.4 is 10.5 Å². The normalized spacial score (nSPS) is 15.7. The molecular weight excluding hydrogens is 439 g/mol. The molecule has 6 nitrogen and oxygen atoms in total. The fraction of sp³-hybridized carbons (Fsp3) is 0.318. The van der Waals surface area contributed by atoms with Crippen molar-refractivity contribution in [3.8, 4) is 0 Å². The van der Waals surface area contributed by atoms with Crippen LogP contribution >= 0.6 is 11.3 Å². The van der Waals surface area contributed by atoms with E-state index in [0.29, 0.717) is 55.2 Å². The smallest absolute Gasteiger partial charge is 0.369 e. The van der Waals surface area contributed by atoms with E-state index in [9.17, 15) is 18.0 Å². The van der Waals surface area contributed by atoms with Gasteiger partial charge >= 0.3 is 6.18 Å². The quantitative estimate of drug-likeness (QED) is 0.464. The Balaban J connectivity index is 1.25. The van der Waals surface area contributed by atoms with Crippen LogP contribution in [0.4, 0.5) is 18.9 Å². The van der Waals surface area contributed by atoms with Crippen LogP contribution in [0.2, 0.25) is 0 Å². The summed E-state index contributed by atoms with van der Waals surface area (Å²) < 4.78 is 41.5. The summed E-state index contributed by atoms with van der Waals surface area (Å²) in [6.07, 6.45) is 0.668. The van der Waals surface area contributed by atoms with Gasteiger partial charge in [-0.3, -0.25) is 19.2 Å². The molecule has 3 aromatic heterocycles. The number of aromatic nitrogens is 3. The second kappa shape index (κ2) is 8.18. The van der Waals surface area contributed by atoms with Crippen molar-refractivity contribution in [1.82, 2.24) is 19.4 Å². The van der Waals surface area contributed by atoms with Crippen LogP contribution in [0.3, 0.4) is 0 Å². The van der Waals surface area contributed by atoms with Crippen molar-refractivity contribution in [2.45, 2.75) is 12.7 Å². The first kappa shape index (κ1) is 20.9. The number of alkyl halides is 3. The Bertz CT molecular complexity index is 1320. The standard InChI is InChI=1S/C22H20F3N5OS/c23-22(24,25)15-2-1-3-16(12-15)29-9-6-28(7-10-29)8-11-30-14-27-20-19(21(30)31)17-4-5-26-13-18(17)32-20/h1-5,12-14H,6-11H2. The molecule has 0 bridgehead atoms. The zero-order valence-corrected chi connectivity index (χ0v) is 17.9. The largest absolute Gasteiger partial charge is 0.416 e. The lowest BCUT2D eigenvalue weighted by Gasteiger charge is -2.36. The number of thiophene rings is 1. The highest BCUT2D eigenvalue weighted by atomic mass is 32.1. The van der Waals surface area contributed by atoms with E-state index < -0.39 is 11.7 Å². The highest BCUT2D eigenvalue weighted by Gasteiger charge is 2.31. The number of nitrogens with zero attached hydrogens (tertiary/aromatic N) is 5. The van der Waals surface area contributed by atoms with Crippen LogP contribution in [-0.4, -0.2) is 52.2 Å². The van der Waals surface area contributed by atoms with E-state index in [-0.39, 0.29) is 5.56 Å². The van der Waals surface area contributed by atoms with Crippen LogP contribution in [0.15, 0.2) is 53.8 Å². The number of benzene rings is 1. The molecule has 4 heterocycles. The number of anilines is 1. The third kappa shape index (κ3) is 3.95. The maximum Gasteiger partial charge on any atom is 0.416 e. The first-order chi connectivity index (χ1) is 15.4. The van der Waals surface area contributed by atoms with E-state index in [1.54, 1.807) is 29.4 Å². The predicted molar refractivity (Wildman–Crippen MR) is 119 cm³/mol. The van der Waals surface area contributed by atoms with E-state index >= 15 is 0 Å². The molecule has 0 atom stereocenters. The summed E-state index contributed by atoms with van der Waals surface area (Å²) in [5, 5.41) is 1.51. The molecule has 32 heavy (non-hydrogen) atoms. The average molecular weight is 459 g/mol. The van der Waals surface area contributed by atoms with Gasteiger partial charge in [-0.05, 0) is 24.3 Å². The van der Waals surface area contributed by atoms with Gasteiger partial charge in [0.25, 0.3) is 5.56 Å². The zero-order chi connectivity index (χ0) is 22.3. The Morgan fingerprint density at radius 1 is 1.06 bits per heavy atom. The molecule has 0 aliphatic carbocycles. The molecule has 0 unspecified atom stereocenters. The number of hydrogen-bond acceptors (Lipinski definition) is 6. The number of fused-ring (bicyclic) bond motifs is 3. The summed E-state index contributed by atoms with van der Waals surface area (Å²) in [4.78, 5) is 26.5.